The first-order valence-electron chi connectivity index (χ1n) is 8.26. The molecule has 3 rings (SSSR count). The van der Waals surface area contributed by atoms with E-state index in [0.717, 1.165) is 11.1 Å². The van der Waals surface area contributed by atoms with Crippen LogP contribution in [0.15, 0.2) is 89.9 Å². The van der Waals surface area contributed by atoms with E-state index in [9.17, 15) is 9.59 Å². The van der Waals surface area contributed by atoms with Crippen LogP contribution >= 0.6 is 0 Å². The van der Waals surface area contributed by atoms with Crippen LogP contribution in [0, 0.1) is 0 Å². The number of nitrogens with zero attached hydrogens (tertiary/aromatic N) is 1. The number of hydrogen-bond donors (Lipinski definition) is 1. The van der Waals surface area contributed by atoms with Crippen LogP contribution in [0.25, 0.3) is 0 Å². The quantitative estimate of drug-likeness (QED) is 0.754. The number of carbonyl (C=O) groups is 1. The van der Waals surface area contributed by atoms with E-state index >= 15 is 0 Å². The predicted octanol–water partition coefficient (Wildman–Crippen LogP) is 2.95. The molecule has 0 aliphatic carbocycles. The number of hydrogen-bond acceptors (Lipinski definition) is 2. The Morgan fingerprint density at radius 1 is 0.880 bits per heavy atom. The molecule has 0 fully saturated rings. The second kappa shape index (κ2) is 8.11. The number of nitrogens with one attached hydrogen (secondary N) is 1. The zero-order valence-corrected chi connectivity index (χ0v) is 13.8. The normalized spacial score (nSPS) is 11.7. The minimum Gasteiger partial charge on any atom is -0.347 e. The summed E-state index contributed by atoms with van der Waals surface area (Å²) >= 11 is 0. The van der Waals surface area contributed by atoms with Gasteiger partial charge in [-0.2, -0.15) is 0 Å². The second-order valence-corrected chi connectivity index (χ2v) is 5.89. The van der Waals surface area contributed by atoms with Gasteiger partial charge >= 0.3 is 0 Å². The van der Waals surface area contributed by atoms with Crippen LogP contribution in [-0.4, -0.2) is 10.5 Å². The first-order chi connectivity index (χ1) is 12.2. The van der Waals surface area contributed by atoms with E-state index in [1.807, 2.05) is 60.7 Å². The van der Waals surface area contributed by atoms with Crippen molar-refractivity contribution >= 4 is 5.91 Å². The molecule has 25 heavy (non-hydrogen) atoms. The molecule has 0 radical (unpaired) electrons. The van der Waals surface area contributed by atoms with Crippen molar-refractivity contribution in [1.29, 1.82) is 0 Å². The van der Waals surface area contributed by atoms with Crippen molar-refractivity contribution in [3.63, 3.8) is 0 Å². The van der Waals surface area contributed by atoms with E-state index < -0.39 is 0 Å². The summed E-state index contributed by atoms with van der Waals surface area (Å²) in [5.41, 5.74) is 2.01. The Labute approximate surface area is 146 Å². The summed E-state index contributed by atoms with van der Waals surface area (Å²) in [6, 6.07) is 24.6. The maximum absolute atomic E-state index is 12.5. The lowest BCUT2D eigenvalue weighted by Gasteiger charge is -2.20. The molecule has 1 atom stereocenters. The highest BCUT2D eigenvalue weighted by atomic mass is 16.2. The molecule has 4 nitrogen and oxygen atoms in total. The fraction of sp³-hybridized carbons (Fsp3) is 0.143. The second-order valence-electron chi connectivity index (χ2n) is 5.89. The van der Waals surface area contributed by atoms with Gasteiger partial charge in [0.15, 0.2) is 0 Å². The SMILES string of the molecule is O=C(Cn1ccccc1=O)NC(Cc1ccccc1)c1ccccc1. The zero-order valence-electron chi connectivity index (χ0n) is 13.8. The van der Waals surface area contributed by atoms with E-state index in [4.69, 9.17) is 0 Å². The van der Waals surface area contributed by atoms with Gasteiger partial charge in [-0.3, -0.25) is 9.59 Å². The molecule has 1 N–H and O–H groups in total. The van der Waals surface area contributed by atoms with Crippen molar-refractivity contribution in [2.45, 2.75) is 19.0 Å². The first-order valence-corrected chi connectivity index (χ1v) is 8.26. The Hall–Kier alpha value is -3.14. The Kier molecular flexibility index (Phi) is 5.42. The minimum absolute atomic E-state index is 0.0117. The zero-order chi connectivity index (χ0) is 17.5. The summed E-state index contributed by atoms with van der Waals surface area (Å²) in [6.07, 6.45) is 2.32. The third-order valence-corrected chi connectivity index (χ3v) is 4.03. The molecule has 1 unspecified atom stereocenters. The van der Waals surface area contributed by atoms with E-state index in [1.165, 1.54) is 10.6 Å². The maximum atomic E-state index is 12.5. The van der Waals surface area contributed by atoms with Crippen molar-refractivity contribution in [2.24, 2.45) is 0 Å². The van der Waals surface area contributed by atoms with Crippen molar-refractivity contribution in [3.05, 3.63) is 107 Å². The monoisotopic (exact) mass is 332 g/mol. The van der Waals surface area contributed by atoms with Crippen molar-refractivity contribution in [1.82, 2.24) is 9.88 Å². The van der Waals surface area contributed by atoms with Gasteiger partial charge in [0.2, 0.25) is 5.91 Å². The average Bonchev–Trinajstić information content (AvgIpc) is 2.65. The molecular weight excluding hydrogens is 312 g/mol. The summed E-state index contributed by atoms with van der Waals surface area (Å²) in [5, 5.41) is 3.06. The number of benzene rings is 2. The molecule has 1 aromatic heterocycles. The Morgan fingerprint density at radius 3 is 2.20 bits per heavy atom. The summed E-state index contributed by atoms with van der Waals surface area (Å²) < 4.78 is 1.40. The van der Waals surface area contributed by atoms with Crippen LogP contribution < -0.4 is 10.9 Å². The largest absolute Gasteiger partial charge is 0.347 e. The molecule has 126 valence electrons. The molecule has 0 spiro atoms. The lowest BCUT2D eigenvalue weighted by Crippen LogP contribution is -2.35. The molecule has 0 saturated heterocycles. The van der Waals surface area contributed by atoms with Crippen LogP contribution in [0.3, 0.4) is 0 Å². The first kappa shape index (κ1) is 16.7. The summed E-state index contributed by atoms with van der Waals surface area (Å²) in [4.78, 5) is 24.3. The lowest BCUT2D eigenvalue weighted by atomic mass is 9.99. The smallest absolute Gasteiger partial charge is 0.250 e. The number of pyridine rings is 1. The minimum atomic E-state index is -0.183. The number of aromatic nitrogens is 1. The van der Waals surface area contributed by atoms with Crippen LogP contribution in [0.4, 0.5) is 0 Å². The van der Waals surface area contributed by atoms with E-state index in [2.05, 4.69) is 5.32 Å². The predicted molar refractivity (Wildman–Crippen MR) is 98.2 cm³/mol. The molecule has 0 saturated carbocycles. The van der Waals surface area contributed by atoms with Gasteiger partial charge in [0, 0.05) is 12.3 Å². The Morgan fingerprint density at radius 2 is 1.52 bits per heavy atom. The van der Waals surface area contributed by atoms with Crippen LogP contribution in [-0.2, 0) is 17.8 Å². The van der Waals surface area contributed by atoms with Crippen molar-refractivity contribution < 1.29 is 4.79 Å². The molecule has 0 bridgehead atoms. The lowest BCUT2D eigenvalue weighted by molar-refractivity contribution is -0.122. The summed E-state index contributed by atoms with van der Waals surface area (Å²) in [5.74, 6) is -0.182. The molecule has 1 amide bonds. The Bertz CT molecular complexity index is 873. The molecule has 2 aromatic carbocycles. The molecule has 0 aliphatic rings. The molecular formula is C21H20N2O2. The highest BCUT2D eigenvalue weighted by Crippen LogP contribution is 2.18. The average molecular weight is 332 g/mol. The van der Waals surface area contributed by atoms with Crippen LogP contribution in [0.2, 0.25) is 0 Å². The highest BCUT2D eigenvalue weighted by molar-refractivity contribution is 5.76. The fourth-order valence-electron chi connectivity index (χ4n) is 2.77. The van der Waals surface area contributed by atoms with Gasteiger partial charge in [-0.1, -0.05) is 66.7 Å². The standard InChI is InChI=1S/C21H20N2O2/c24-20(16-23-14-8-7-13-21(23)25)22-19(18-11-5-2-6-12-18)15-17-9-3-1-4-10-17/h1-14,19H,15-16H2,(H,22,24). The summed E-state index contributed by atoms with van der Waals surface area (Å²) in [7, 11) is 0. The van der Waals surface area contributed by atoms with Gasteiger partial charge in [-0.05, 0) is 23.6 Å². The molecule has 0 aliphatic heterocycles. The molecule has 4 heteroatoms. The molecule has 1 heterocycles. The van der Waals surface area contributed by atoms with E-state index in [1.54, 1.807) is 18.3 Å². The number of carbonyl (C=O) groups excluding carboxylic acids is 1. The summed E-state index contributed by atoms with van der Waals surface area (Å²) in [6.45, 7) is 0.0117. The van der Waals surface area contributed by atoms with Crippen LogP contribution in [0.5, 0.6) is 0 Å². The van der Waals surface area contributed by atoms with Crippen molar-refractivity contribution in [3.8, 4) is 0 Å². The topological polar surface area (TPSA) is 51.1 Å². The molecule has 3 aromatic rings. The van der Waals surface area contributed by atoms with Gasteiger partial charge in [-0.15, -0.1) is 0 Å². The fourth-order valence-corrected chi connectivity index (χ4v) is 2.77. The number of amides is 1. The Balaban J connectivity index is 1.76. The third kappa shape index (κ3) is 4.67. The van der Waals surface area contributed by atoms with Gasteiger partial charge in [-0.25, -0.2) is 0 Å². The van der Waals surface area contributed by atoms with Gasteiger partial charge < -0.3 is 9.88 Å². The van der Waals surface area contributed by atoms with Crippen molar-refractivity contribution in [2.75, 3.05) is 0 Å². The van der Waals surface area contributed by atoms with Gasteiger partial charge in [0.1, 0.15) is 6.54 Å². The highest BCUT2D eigenvalue weighted by Gasteiger charge is 2.15. The maximum Gasteiger partial charge on any atom is 0.250 e. The van der Waals surface area contributed by atoms with Crippen LogP contribution in [0.1, 0.15) is 17.2 Å². The van der Waals surface area contributed by atoms with E-state index in [-0.39, 0.29) is 24.1 Å². The number of rotatable bonds is 6. The van der Waals surface area contributed by atoms with E-state index in [0.29, 0.717) is 6.42 Å². The van der Waals surface area contributed by atoms with Gasteiger partial charge in [0.05, 0.1) is 6.04 Å². The third-order valence-electron chi connectivity index (χ3n) is 4.03. The van der Waals surface area contributed by atoms with Gasteiger partial charge in [0.25, 0.3) is 5.56 Å².